The van der Waals surface area contributed by atoms with E-state index >= 15 is 4.79 Å². The molecule has 1 spiro atoms. The van der Waals surface area contributed by atoms with Crippen molar-refractivity contribution in [1.29, 1.82) is 0 Å². The number of amides is 5. The Kier molecular flexibility index (Phi) is 11.7. The molecule has 278 valence electrons. The van der Waals surface area contributed by atoms with E-state index in [1.807, 2.05) is 20.8 Å². The third-order valence-corrected chi connectivity index (χ3v) is 10.9. The summed E-state index contributed by atoms with van der Waals surface area (Å²) in [7, 11) is 0. The second-order valence-corrected chi connectivity index (χ2v) is 16.5. The van der Waals surface area contributed by atoms with Gasteiger partial charge in [0.15, 0.2) is 0 Å². The number of ketones is 1. The first kappa shape index (κ1) is 38.1. The van der Waals surface area contributed by atoms with Crippen molar-refractivity contribution in [2.45, 2.75) is 129 Å². The van der Waals surface area contributed by atoms with Crippen molar-refractivity contribution in [3.05, 3.63) is 36.9 Å². The molecule has 4 aliphatic rings. The number of Topliss-reactive ketones (excluding diaryl/α,β-unsaturated/α-hetero) is 1. The van der Waals surface area contributed by atoms with Gasteiger partial charge in [0.25, 0.3) is 11.8 Å². The molecule has 1 aromatic rings. The van der Waals surface area contributed by atoms with Crippen LogP contribution in [-0.2, 0) is 24.0 Å². The van der Waals surface area contributed by atoms with Gasteiger partial charge in [0, 0.05) is 25.5 Å². The Morgan fingerprint density at radius 2 is 1.75 bits per heavy atom. The van der Waals surface area contributed by atoms with E-state index < -0.39 is 58.6 Å². The molecule has 2 saturated heterocycles. The van der Waals surface area contributed by atoms with Gasteiger partial charge in [-0.05, 0) is 55.3 Å². The van der Waals surface area contributed by atoms with E-state index in [0.717, 1.165) is 38.5 Å². The summed E-state index contributed by atoms with van der Waals surface area (Å²) >= 11 is 0. The lowest BCUT2D eigenvalue weighted by atomic mass is 9.65. The Hall–Kier alpha value is -4.16. The second-order valence-electron chi connectivity index (χ2n) is 16.5. The largest absolute Gasteiger partial charge is 0.346 e. The van der Waals surface area contributed by atoms with Gasteiger partial charge in [0.2, 0.25) is 23.5 Å². The molecule has 13 heteroatoms. The fraction of sp³-hybridized carbons (Fsp3) is 0.684. The van der Waals surface area contributed by atoms with E-state index in [0.29, 0.717) is 38.1 Å². The number of hydrogen-bond acceptors (Lipinski definition) is 8. The Balaban J connectivity index is 1.43. The van der Waals surface area contributed by atoms with Crippen LogP contribution in [0.2, 0.25) is 0 Å². The van der Waals surface area contributed by atoms with Crippen LogP contribution < -0.4 is 16.0 Å². The number of nitrogens with one attached hydrogen (secondary N) is 3. The van der Waals surface area contributed by atoms with Crippen molar-refractivity contribution in [2.24, 2.45) is 23.2 Å². The molecule has 0 aromatic carbocycles. The maximum absolute atomic E-state index is 15.0. The predicted molar refractivity (Wildman–Crippen MR) is 190 cm³/mol. The summed E-state index contributed by atoms with van der Waals surface area (Å²) in [6, 6.07) is -3.61. The lowest BCUT2D eigenvalue weighted by molar-refractivity contribution is -0.186. The maximum Gasteiger partial charge on any atom is 0.289 e. The molecule has 1 aromatic heterocycles. The number of likely N-dealkylation sites (tertiary alicyclic amines) is 2. The lowest BCUT2D eigenvalue weighted by Crippen LogP contribution is -2.83. The van der Waals surface area contributed by atoms with Crippen molar-refractivity contribution in [2.75, 3.05) is 13.1 Å². The molecule has 51 heavy (non-hydrogen) atoms. The van der Waals surface area contributed by atoms with Gasteiger partial charge in [-0.2, -0.15) is 0 Å². The molecular formula is C38H55N7O6. The first-order valence-corrected chi connectivity index (χ1v) is 18.6. The van der Waals surface area contributed by atoms with Crippen molar-refractivity contribution < 1.29 is 28.8 Å². The summed E-state index contributed by atoms with van der Waals surface area (Å²) in [6.45, 7) is 14.0. The van der Waals surface area contributed by atoms with E-state index in [2.05, 4.69) is 46.3 Å². The smallest absolute Gasteiger partial charge is 0.289 e. The van der Waals surface area contributed by atoms with Crippen molar-refractivity contribution in [1.82, 2.24) is 35.7 Å². The summed E-state index contributed by atoms with van der Waals surface area (Å²) in [5.41, 5.74) is -1.38. The van der Waals surface area contributed by atoms with Crippen LogP contribution in [0.4, 0.5) is 0 Å². The minimum Gasteiger partial charge on any atom is -0.346 e. The number of rotatable bonds is 14. The van der Waals surface area contributed by atoms with Crippen LogP contribution in [0.5, 0.6) is 0 Å². The zero-order chi connectivity index (χ0) is 37.1. The quantitative estimate of drug-likeness (QED) is 0.151. The summed E-state index contributed by atoms with van der Waals surface area (Å²) < 4.78 is 0. The highest BCUT2D eigenvalue weighted by Gasteiger charge is 2.65. The zero-order valence-electron chi connectivity index (χ0n) is 30.8. The number of β-lactam (4-membered cyclic amide) rings is 1. The normalized spacial score (nSPS) is 24.0. The topological polar surface area (TPSA) is 171 Å². The Bertz CT molecular complexity index is 1500. The maximum atomic E-state index is 15.0. The minimum absolute atomic E-state index is 0.0357. The van der Waals surface area contributed by atoms with Gasteiger partial charge in [0.1, 0.15) is 23.8 Å². The van der Waals surface area contributed by atoms with Gasteiger partial charge in [-0.1, -0.05) is 72.8 Å². The van der Waals surface area contributed by atoms with Crippen molar-refractivity contribution in [3.8, 4) is 0 Å². The standard InChI is InChI=1S/C38H55N7O6/c1-7-15-41-34(49)29(46)26(19-24-11-12-24)42-33(48)28-20-25(18-23(2)3)22-44(28)36(51)31(37(4,5)6)45-35(50)30(38(45)13-9-8-10-14-38)43-32(47)27-21-39-16-17-40-27/h7,16-17,21,23-26,28,30-31H,1,8-15,18-20,22H2,2-6H3,(H,41,49)(H,42,48)(H,43,47)/t25-,26?,28+,30-,31-/m1/s1. The highest BCUT2D eigenvalue weighted by atomic mass is 16.2. The molecule has 3 N–H and O–H groups in total. The fourth-order valence-corrected chi connectivity index (χ4v) is 8.43. The highest BCUT2D eigenvalue weighted by Crippen LogP contribution is 2.49. The van der Waals surface area contributed by atoms with Gasteiger partial charge in [-0.15, -0.1) is 6.58 Å². The molecular weight excluding hydrogens is 650 g/mol. The lowest BCUT2D eigenvalue weighted by Gasteiger charge is -2.63. The van der Waals surface area contributed by atoms with Gasteiger partial charge in [0.05, 0.1) is 17.8 Å². The number of nitrogens with zero attached hydrogens (tertiary/aromatic N) is 4. The summed E-state index contributed by atoms with van der Waals surface area (Å²) in [5, 5.41) is 8.33. The predicted octanol–water partition coefficient (Wildman–Crippen LogP) is 2.95. The molecule has 2 aliphatic carbocycles. The van der Waals surface area contributed by atoms with Crippen molar-refractivity contribution >= 4 is 35.3 Å². The first-order valence-electron chi connectivity index (χ1n) is 18.6. The molecule has 5 amide bonds. The fourth-order valence-electron chi connectivity index (χ4n) is 8.43. The second kappa shape index (κ2) is 15.6. The summed E-state index contributed by atoms with van der Waals surface area (Å²) in [4.78, 5) is 94.0. The van der Waals surface area contributed by atoms with Crippen LogP contribution in [0.15, 0.2) is 31.2 Å². The van der Waals surface area contributed by atoms with Crippen molar-refractivity contribution in [3.63, 3.8) is 0 Å². The number of carbonyl (C=O) groups is 6. The average Bonchev–Trinajstić information content (AvgIpc) is 3.83. The minimum atomic E-state index is -1.00. The molecule has 3 heterocycles. The molecule has 5 atom stereocenters. The van der Waals surface area contributed by atoms with Gasteiger partial charge in [-0.25, -0.2) is 4.98 Å². The monoisotopic (exact) mass is 705 g/mol. The van der Waals surface area contributed by atoms with Gasteiger partial charge < -0.3 is 25.8 Å². The molecule has 13 nitrogen and oxygen atoms in total. The average molecular weight is 706 g/mol. The third kappa shape index (κ3) is 8.33. The number of hydrogen-bond donors (Lipinski definition) is 3. The third-order valence-electron chi connectivity index (χ3n) is 10.9. The van der Waals surface area contributed by atoms with Crippen LogP contribution in [0.3, 0.4) is 0 Å². The van der Waals surface area contributed by atoms with E-state index in [1.165, 1.54) is 24.7 Å². The van der Waals surface area contributed by atoms with Crippen LogP contribution in [0, 0.1) is 23.2 Å². The van der Waals surface area contributed by atoms with E-state index in [-0.39, 0.29) is 35.9 Å². The zero-order valence-corrected chi connectivity index (χ0v) is 30.8. The first-order chi connectivity index (χ1) is 24.2. The highest BCUT2D eigenvalue weighted by molar-refractivity contribution is 6.38. The van der Waals surface area contributed by atoms with E-state index in [4.69, 9.17) is 0 Å². The molecule has 2 saturated carbocycles. The molecule has 1 unspecified atom stereocenters. The van der Waals surface area contributed by atoms with Gasteiger partial charge >= 0.3 is 0 Å². The molecule has 5 rings (SSSR count). The Morgan fingerprint density at radius 3 is 2.33 bits per heavy atom. The molecule has 4 fully saturated rings. The Labute approximate surface area is 301 Å². The number of carbonyl (C=O) groups excluding carboxylic acids is 6. The number of aromatic nitrogens is 2. The van der Waals surface area contributed by atoms with E-state index in [1.54, 1.807) is 9.80 Å². The van der Waals surface area contributed by atoms with Crippen LogP contribution in [0.1, 0.15) is 109 Å². The van der Waals surface area contributed by atoms with E-state index in [9.17, 15) is 24.0 Å². The van der Waals surface area contributed by atoms with Crippen LogP contribution in [0.25, 0.3) is 0 Å². The van der Waals surface area contributed by atoms with Crippen LogP contribution in [-0.4, -0.2) is 97.9 Å². The Morgan fingerprint density at radius 1 is 1.04 bits per heavy atom. The SMILES string of the molecule is C=CCNC(=O)C(=O)C(CC1CC1)NC(=O)[C@@H]1C[C@@H](CC(C)C)CN1C(=O)[C@@H](N1C(=O)[C@@H](NC(=O)c2cnccn2)C12CCCCC2)C(C)(C)C. The van der Waals surface area contributed by atoms with Gasteiger partial charge in [-0.3, -0.25) is 33.8 Å². The summed E-state index contributed by atoms with van der Waals surface area (Å²) in [6.07, 6.45) is 13.1. The molecule has 0 bridgehead atoms. The summed E-state index contributed by atoms with van der Waals surface area (Å²) in [5.74, 6) is -2.49. The molecule has 0 radical (unpaired) electrons. The molecule has 2 aliphatic heterocycles. The van der Waals surface area contributed by atoms with Crippen LogP contribution >= 0.6 is 0 Å².